The number of cyclic esters (lactones) is 1. The van der Waals surface area contributed by atoms with Crippen LogP contribution in [0.1, 0.15) is 12.8 Å². The number of carbonyl (C=O) groups excluding carboxylic acids is 3. The van der Waals surface area contributed by atoms with Crippen molar-refractivity contribution in [2.24, 2.45) is 0 Å². The summed E-state index contributed by atoms with van der Waals surface area (Å²) in [5.41, 5.74) is 7.79. The Balaban J connectivity index is 1.39. The topological polar surface area (TPSA) is 162 Å². The standard InChI is InChI=1S/C20H23F4N9O4/c21-12-7-10(32-9-11(37-20(32)36)1-2-14(34)16(23)24)8-13(22)15(12)31-4-3-26-33(6-5-31)19(35)28-18-27-17(25)29-30-18/h7-8,11,16,26H,1-6,9H2,(H4,25,27,28,29,30,35)/t11-/m0/s1. The fourth-order valence-electron chi connectivity index (χ4n) is 3.93. The van der Waals surface area contributed by atoms with E-state index in [4.69, 9.17) is 10.5 Å². The molecule has 0 saturated carbocycles. The summed E-state index contributed by atoms with van der Waals surface area (Å²) in [5.74, 6) is -3.21. The third-order valence-corrected chi connectivity index (χ3v) is 5.70. The number of nitrogens with zero attached hydrogens (tertiary/aromatic N) is 5. The Labute approximate surface area is 206 Å². The molecule has 4 rings (SSSR count). The maximum absolute atomic E-state index is 15.1. The van der Waals surface area contributed by atoms with Gasteiger partial charge in [-0.3, -0.25) is 20.0 Å². The minimum Gasteiger partial charge on any atom is -0.444 e. The molecule has 1 aromatic heterocycles. The maximum Gasteiger partial charge on any atom is 0.414 e. The van der Waals surface area contributed by atoms with Gasteiger partial charge in [-0.25, -0.2) is 37.7 Å². The number of benzene rings is 1. The lowest BCUT2D eigenvalue weighted by Crippen LogP contribution is -2.46. The number of nitrogens with two attached hydrogens (primary N) is 1. The van der Waals surface area contributed by atoms with E-state index in [2.05, 4.69) is 25.9 Å². The number of hydrogen-bond acceptors (Lipinski definition) is 9. The number of aromatic amines is 1. The van der Waals surface area contributed by atoms with E-state index in [1.54, 1.807) is 0 Å². The summed E-state index contributed by atoms with van der Waals surface area (Å²) >= 11 is 0. The van der Waals surface area contributed by atoms with Crippen LogP contribution in [-0.4, -0.2) is 83.4 Å². The molecule has 2 aliphatic heterocycles. The number of rotatable bonds is 7. The molecule has 2 aromatic rings. The second kappa shape index (κ2) is 10.9. The number of H-pyrrole nitrogens is 1. The zero-order valence-electron chi connectivity index (χ0n) is 19.2. The highest BCUT2D eigenvalue weighted by atomic mass is 19.3. The summed E-state index contributed by atoms with van der Waals surface area (Å²) in [7, 11) is 0. The van der Waals surface area contributed by atoms with Crippen LogP contribution in [0.5, 0.6) is 0 Å². The quantitative estimate of drug-likeness (QED) is 0.389. The van der Waals surface area contributed by atoms with E-state index in [-0.39, 0.29) is 62.4 Å². The molecule has 3 amide bonds. The number of nitrogens with one attached hydrogen (secondary N) is 3. The predicted octanol–water partition coefficient (Wildman–Crippen LogP) is 1.46. The molecule has 1 aromatic carbocycles. The van der Waals surface area contributed by atoms with Crippen LogP contribution in [0.2, 0.25) is 0 Å². The molecule has 17 heteroatoms. The number of nitrogen functional groups attached to an aromatic ring is 1. The molecule has 3 heterocycles. The lowest BCUT2D eigenvalue weighted by molar-refractivity contribution is -0.129. The minimum atomic E-state index is -3.12. The first-order chi connectivity index (χ1) is 17.6. The molecule has 37 heavy (non-hydrogen) atoms. The van der Waals surface area contributed by atoms with Crippen molar-refractivity contribution >= 4 is 41.2 Å². The SMILES string of the molecule is Nc1nc(NC(=O)N2CCN(c3c(F)cc(N4C[C@H](CCC(=O)C(F)F)OC4=O)cc3F)CCN2)n[nH]1. The number of carbonyl (C=O) groups is 3. The lowest BCUT2D eigenvalue weighted by atomic mass is 10.1. The van der Waals surface area contributed by atoms with Gasteiger partial charge >= 0.3 is 12.1 Å². The van der Waals surface area contributed by atoms with E-state index in [1.807, 2.05) is 0 Å². The van der Waals surface area contributed by atoms with Crippen LogP contribution in [-0.2, 0) is 9.53 Å². The normalized spacial score (nSPS) is 18.2. The van der Waals surface area contributed by atoms with Crippen molar-refractivity contribution in [3.8, 4) is 0 Å². The fraction of sp³-hybridized carbons (Fsp3) is 0.450. The highest BCUT2D eigenvalue weighted by molar-refractivity contribution is 5.90. The number of ketones is 1. The van der Waals surface area contributed by atoms with Gasteiger partial charge in [0.15, 0.2) is 17.4 Å². The van der Waals surface area contributed by atoms with Gasteiger partial charge in [-0.1, -0.05) is 0 Å². The number of aromatic nitrogens is 3. The summed E-state index contributed by atoms with van der Waals surface area (Å²) in [6.07, 6.45) is -5.52. The summed E-state index contributed by atoms with van der Waals surface area (Å²) in [6, 6.07) is 1.32. The molecule has 0 unspecified atom stereocenters. The number of amides is 3. The van der Waals surface area contributed by atoms with Crippen molar-refractivity contribution < 1.29 is 36.7 Å². The van der Waals surface area contributed by atoms with Gasteiger partial charge in [0, 0.05) is 38.2 Å². The number of hydrazine groups is 1. The number of hydrogen-bond donors (Lipinski definition) is 4. The average Bonchev–Trinajstić information content (AvgIpc) is 3.32. The van der Waals surface area contributed by atoms with Crippen molar-refractivity contribution in [3.05, 3.63) is 23.8 Å². The average molecular weight is 529 g/mol. The minimum absolute atomic E-state index is 0.0132. The third kappa shape index (κ3) is 5.99. The van der Waals surface area contributed by atoms with Crippen LogP contribution in [0.15, 0.2) is 12.1 Å². The number of ether oxygens (including phenoxy) is 1. The monoisotopic (exact) mass is 529 g/mol. The molecule has 0 spiro atoms. The van der Waals surface area contributed by atoms with E-state index in [9.17, 15) is 23.2 Å². The highest BCUT2D eigenvalue weighted by Gasteiger charge is 2.34. The first-order valence-electron chi connectivity index (χ1n) is 11.1. The Morgan fingerprint density at radius 2 is 1.95 bits per heavy atom. The number of alkyl halides is 2. The molecular weight excluding hydrogens is 506 g/mol. The molecular formula is C20H23F4N9O4. The van der Waals surface area contributed by atoms with E-state index in [0.29, 0.717) is 0 Å². The van der Waals surface area contributed by atoms with Crippen LogP contribution in [0, 0.1) is 11.6 Å². The number of anilines is 4. The number of urea groups is 1. The molecule has 0 bridgehead atoms. The summed E-state index contributed by atoms with van der Waals surface area (Å²) < 4.78 is 59.9. The van der Waals surface area contributed by atoms with E-state index >= 15 is 8.78 Å². The van der Waals surface area contributed by atoms with Crippen molar-refractivity contribution in [2.45, 2.75) is 25.4 Å². The molecule has 0 radical (unpaired) electrons. The Morgan fingerprint density at radius 3 is 2.59 bits per heavy atom. The Bertz CT molecular complexity index is 1160. The van der Waals surface area contributed by atoms with Gasteiger partial charge in [0.05, 0.1) is 18.8 Å². The van der Waals surface area contributed by atoms with E-state index in [1.165, 1.54) is 9.91 Å². The zero-order valence-corrected chi connectivity index (χ0v) is 19.2. The van der Waals surface area contributed by atoms with Crippen LogP contribution in [0.25, 0.3) is 0 Å². The van der Waals surface area contributed by atoms with Crippen molar-refractivity contribution in [2.75, 3.05) is 53.6 Å². The van der Waals surface area contributed by atoms with E-state index < -0.39 is 48.5 Å². The van der Waals surface area contributed by atoms with E-state index in [0.717, 1.165) is 17.0 Å². The Morgan fingerprint density at radius 1 is 1.22 bits per heavy atom. The predicted molar refractivity (Wildman–Crippen MR) is 121 cm³/mol. The molecule has 2 saturated heterocycles. The summed E-state index contributed by atoms with van der Waals surface area (Å²) in [6.45, 7) is 0.277. The fourth-order valence-corrected chi connectivity index (χ4v) is 3.93. The maximum atomic E-state index is 15.1. The van der Waals surface area contributed by atoms with Crippen LogP contribution in [0.3, 0.4) is 0 Å². The van der Waals surface area contributed by atoms with Gasteiger partial charge in [0.1, 0.15) is 11.8 Å². The van der Waals surface area contributed by atoms with Gasteiger partial charge in [0.25, 0.3) is 12.4 Å². The van der Waals surface area contributed by atoms with Crippen molar-refractivity contribution in [1.82, 2.24) is 25.6 Å². The van der Waals surface area contributed by atoms with Crippen molar-refractivity contribution in [1.29, 1.82) is 0 Å². The Hall–Kier alpha value is -4.15. The lowest BCUT2D eigenvalue weighted by Gasteiger charge is -2.25. The van der Waals surface area contributed by atoms with Crippen LogP contribution >= 0.6 is 0 Å². The van der Waals surface area contributed by atoms with Crippen molar-refractivity contribution in [3.63, 3.8) is 0 Å². The molecule has 5 N–H and O–H groups in total. The van der Waals surface area contributed by atoms with Gasteiger partial charge in [-0.2, -0.15) is 4.98 Å². The van der Waals surface area contributed by atoms with Gasteiger partial charge in [-0.05, 0) is 6.42 Å². The molecule has 0 aliphatic carbocycles. The van der Waals surface area contributed by atoms with Gasteiger partial charge < -0.3 is 15.4 Å². The highest BCUT2D eigenvalue weighted by Crippen LogP contribution is 2.32. The molecule has 1 atom stereocenters. The number of Topliss-reactive ketones (excluding diaryl/α,β-unsaturated/α-hetero) is 1. The largest absolute Gasteiger partial charge is 0.444 e. The molecule has 13 nitrogen and oxygen atoms in total. The molecule has 200 valence electrons. The summed E-state index contributed by atoms with van der Waals surface area (Å²) in [4.78, 5) is 41.9. The van der Waals surface area contributed by atoms with Crippen LogP contribution in [0.4, 0.5) is 50.4 Å². The smallest absolute Gasteiger partial charge is 0.414 e. The summed E-state index contributed by atoms with van der Waals surface area (Å²) in [5, 5.41) is 9.70. The second-order valence-electron chi connectivity index (χ2n) is 8.20. The Kier molecular flexibility index (Phi) is 7.61. The molecule has 2 fully saturated rings. The first kappa shape index (κ1) is 25.9. The number of halogens is 4. The van der Waals surface area contributed by atoms with Gasteiger partial charge in [0.2, 0.25) is 5.95 Å². The van der Waals surface area contributed by atoms with Crippen LogP contribution < -0.4 is 26.3 Å². The van der Waals surface area contributed by atoms with Gasteiger partial charge in [-0.15, -0.1) is 5.10 Å². The zero-order chi connectivity index (χ0) is 26.7. The molecule has 2 aliphatic rings. The second-order valence-corrected chi connectivity index (χ2v) is 8.20. The third-order valence-electron chi connectivity index (χ3n) is 5.70. The first-order valence-corrected chi connectivity index (χ1v) is 11.1.